The smallest absolute Gasteiger partial charge is 0.510 e. The fraction of sp³-hybridized carbons (Fsp3) is 0.0984. The van der Waals surface area contributed by atoms with Gasteiger partial charge in [0, 0.05) is 30.8 Å². The van der Waals surface area contributed by atoms with Crippen LogP contribution in [0.25, 0.3) is 83.3 Å². The Labute approximate surface area is 423 Å². The predicted molar refractivity (Wildman–Crippen MR) is 265 cm³/mol. The zero-order valence-corrected chi connectivity index (χ0v) is 38.0. The van der Waals surface area contributed by atoms with Crippen LogP contribution in [0, 0.1) is 38.2 Å². The molecular formula is C61H46N3OPt+. The summed E-state index contributed by atoms with van der Waals surface area (Å²) in [6, 6.07) is 40.7. The Hall–Kier alpha value is -7.26. The van der Waals surface area contributed by atoms with Gasteiger partial charge in [-0.15, -0.1) is 35.7 Å². The topological polar surface area (TPSA) is 23.0 Å². The molecule has 2 heterocycles. The normalized spacial score (nSPS) is 15.4. The van der Waals surface area contributed by atoms with Crippen molar-refractivity contribution in [1.29, 1.82) is 0 Å². The van der Waals surface area contributed by atoms with Gasteiger partial charge in [-0.1, -0.05) is 171 Å². The molecule has 320 valence electrons. The van der Waals surface area contributed by atoms with Gasteiger partial charge < -0.3 is 13.9 Å². The van der Waals surface area contributed by atoms with Crippen LogP contribution < -0.4 is 9.30 Å². The molecule has 11 rings (SSSR count). The maximum absolute atomic E-state index is 9.05. The minimum atomic E-state index is -2.67. The van der Waals surface area contributed by atoms with Crippen molar-refractivity contribution in [3.63, 3.8) is 0 Å². The molecule has 0 bridgehead atoms. The van der Waals surface area contributed by atoms with E-state index in [9.17, 15) is 0 Å². The molecule has 0 fully saturated rings. The van der Waals surface area contributed by atoms with E-state index in [1.54, 1.807) is 81.9 Å². The van der Waals surface area contributed by atoms with Gasteiger partial charge >= 0.3 is 21.1 Å². The van der Waals surface area contributed by atoms with E-state index in [4.69, 9.17) is 26.7 Å². The first-order chi connectivity index (χ1) is 38.3. The van der Waals surface area contributed by atoms with E-state index in [2.05, 4.69) is 45.3 Å². The van der Waals surface area contributed by atoms with Gasteiger partial charge in [-0.25, -0.2) is 0 Å². The Kier molecular flexibility index (Phi) is 7.31. The third kappa shape index (κ3) is 7.56. The number of aryl methyl sites for hydroxylation is 2. The second kappa shape index (κ2) is 17.3. The van der Waals surface area contributed by atoms with Crippen LogP contribution in [0.3, 0.4) is 0 Å². The molecule has 0 spiro atoms. The summed E-state index contributed by atoms with van der Waals surface area (Å²) in [4.78, 5) is 0. The Balaban J connectivity index is 0.00000753. The molecule has 4 nitrogen and oxygen atoms in total. The SMILES string of the molecule is [2H]c1c([2H])c([2H])c(-c2cccc(-c3c([2H])c([2H])c([2H])c([2H])c3[2H])c2-[n+]2[c-]n(-c3[c-]c(Oc4[c-]c5c(cc4)c4cccc(-c6c(C([2H])([2H])[2H])cccc6C([2H])([2H])[2H])c4n5-c4[c-]ccc(C(C)(C)C)c4)ccc3)c3ccccc32)c([2H])c1[2H].[Pt+4]. The molecule has 0 N–H and O–H groups in total. The molecule has 0 radical (unpaired) electrons. The number of aromatic nitrogens is 3. The quantitative estimate of drug-likeness (QED) is 0.110. The Morgan fingerprint density at radius 3 is 1.98 bits per heavy atom. The molecule has 66 heavy (non-hydrogen) atoms. The Morgan fingerprint density at radius 1 is 0.621 bits per heavy atom. The first kappa shape index (κ1) is 27.9. The molecule has 9 aromatic carbocycles. The molecule has 0 aliphatic carbocycles. The third-order valence-corrected chi connectivity index (χ3v) is 11.5. The molecule has 0 amide bonds. The Morgan fingerprint density at radius 2 is 1.27 bits per heavy atom. The summed E-state index contributed by atoms with van der Waals surface area (Å²) < 4.78 is 151. The van der Waals surface area contributed by atoms with Crippen LogP contribution >= 0.6 is 0 Å². The minimum absolute atomic E-state index is 0. The van der Waals surface area contributed by atoms with Crippen molar-refractivity contribution in [2.45, 2.75) is 39.9 Å². The van der Waals surface area contributed by atoms with Gasteiger partial charge in [0.2, 0.25) is 0 Å². The first-order valence-corrected chi connectivity index (χ1v) is 20.9. The number of hydrogen-bond donors (Lipinski definition) is 0. The summed E-state index contributed by atoms with van der Waals surface area (Å²) in [6.07, 6.45) is 3.37. The van der Waals surface area contributed by atoms with E-state index in [0.717, 1.165) is 5.56 Å². The van der Waals surface area contributed by atoms with E-state index in [-0.39, 0.29) is 82.6 Å². The number of hydrogen-bond acceptors (Lipinski definition) is 1. The molecule has 0 saturated heterocycles. The van der Waals surface area contributed by atoms with Crippen molar-refractivity contribution < 1.29 is 52.3 Å². The number of imidazole rings is 1. The van der Waals surface area contributed by atoms with Gasteiger partial charge in [0.1, 0.15) is 0 Å². The van der Waals surface area contributed by atoms with E-state index >= 15 is 0 Å². The zero-order chi connectivity index (χ0) is 57.9. The number of para-hydroxylation sites is 4. The van der Waals surface area contributed by atoms with Crippen molar-refractivity contribution in [2.24, 2.45) is 0 Å². The van der Waals surface area contributed by atoms with E-state index in [1.807, 2.05) is 34.9 Å². The van der Waals surface area contributed by atoms with E-state index in [0.29, 0.717) is 49.8 Å². The zero-order valence-electron chi connectivity index (χ0n) is 51.7. The maximum atomic E-state index is 9.05. The number of nitrogens with zero attached hydrogens (tertiary/aromatic N) is 3. The fourth-order valence-corrected chi connectivity index (χ4v) is 8.47. The van der Waals surface area contributed by atoms with Crippen LogP contribution in [0.15, 0.2) is 188 Å². The third-order valence-electron chi connectivity index (χ3n) is 11.5. The molecule has 0 aliphatic rings. The summed E-state index contributed by atoms with van der Waals surface area (Å²) in [6.45, 7) is 0.904. The molecule has 2 aromatic heterocycles. The minimum Gasteiger partial charge on any atom is -0.510 e. The number of rotatable bonds is 8. The van der Waals surface area contributed by atoms with Crippen molar-refractivity contribution in [1.82, 2.24) is 9.13 Å². The second-order valence-corrected chi connectivity index (χ2v) is 16.5. The van der Waals surface area contributed by atoms with E-state index < -0.39 is 74.1 Å². The van der Waals surface area contributed by atoms with Crippen molar-refractivity contribution >= 4 is 32.8 Å². The second-order valence-electron chi connectivity index (χ2n) is 16.5. The molecule has 0 saturated carbocycles. The van der Waals surface area contributed by atoms with Gasteiger partial charge in [-0.05, 0) is 69.1 Å². The molecule has 0 unspecified atom stereocenters. The van der Waals surface area contributed by atoms with Crippen molar-refractivity contribution in [3.8, 4) is 61.9 Å². The number of fused-ring (bicyclic) bond motifs is 4. The van der Waals surface area contributed by atoms with Crippen LogP contribution in [-0.4, -0.2) is 9.13 Å². The predicted octanol–water partition coefficient (Wildman–Crippen LogP) is 14.9. The average Bonchev–Trinajstić information content (AvgIpc) is 4.11. The summed E-state index contributed by atoms with van der Waals surface area (Å²) in [5.41, 5.74) is 3.92. The number of ether oxygens (including phenoxy) is 1. The van der Waals surface area contributed by atoms with Gasteiger partial charge in [-0.3, -0.25) is 4.57 Å². The van der Waals surface area contributed by atoms with Crippen LogP contribution in [0.1, 0.15) is 59.4 Å². The fourth-order valence-electron chi connectivity index (χ4n) is 8.47. The van der Waals surface area contributed by atoms with Crippen LogP contribution in [-0.2, 0) is 26.5 Å². The summed E-state index contributed by atoms with van der Waals surface area (Å²) in [5, 5.41) is 1.40. The molecule has 11 aromatic rings. The summed E-state index contributed by atoms with van der Waals surface area (Å²) >= 11 is 0. The summed E-state index contributed by atoms with van der Waals surface area (Å²) in [7, 11) is 0. The maximum Gasteiger partial charge on any atom is 4.00 e. The molecule has 0 atom stereocenters. The van der Waals surface area contributed by atoms with Crippen molar-refractivity contribution in [2.75, 3.05) is 0 Å². The largest absolute Gasteiger partial charge is 4.00 e. The van der Waals surface area contributed by atoms with Gasteiger partial charge in [0.15, 0.2) is 0 Å². The summed E-state index contributed by atoms with van der Waals surface area (Å²) in [5.74, 6) is 0.491. The first-order valence-electron chi connectivity index (χ1n) is 28.9. The van der Waals surface area contributed by atoms with Gasteiger partial charge in [0.05, 0.1) is 30.4 Å². The Bertz CT molecular complexity index is 4240. The standard InChI is InChI=1S/C61H46N3O.Pt/c1-41-19-14-20-42(2)58(41)54-32-18-31-53-52-36-35-49(39-57(52)64(60(53)54)47-27-15-25-45(37-47)61(3,4)5)65-48-28-16-26-46(38-48)62-40-63(56-34-13-12-33-55(56)62)59-50(43-21-8-6-9-22-43)29-17-30-51(59)44-23-10-7-11-24-44;/h6-26,28-37H,1-5H3;/q-3;+4/i1D3,2D3,6D,7D,8D,9D,10D,11D,21D,22D,23D,24D;. The average molecular weight is 1050 g/mol. The number of benzene rings is 9. The van der Waals surface area contributed by atoms with Crippen LogP contribution in [0.5, 0.6) is 11.5 Å². The molecule has 5 heteroatoms. The van der Waals surface area contributed by atoms with Crippen LogP contribution in [0.4, 0.5) is 0 Å². The van der Waals surface area contributed by atoms with Crippen LogP contribution in [0.2, 0.25) is 0 Å². The van der Waals surface area contributed by atoms with Gasteiger partial charge in [-0.2, -0.15) is 42.0 Å². The molecular weight excluding hydrogens is 986 g/mol. The van der Waals surface area contributed by atoms with E-state index in [1.165, 1.54) is 24.3 Å². The van der Waals surface area contributed by atoms with Crippen molar-refractivity contribution in [3.05, 3.63) is 229 Å². The van der Waals surface area contributed by atoms with Gasteiger partial charge in [0.25, 0.3) is 6.33 Å². The molecule has 0 aliphatic heterocycles. The monoisotopic (exact) mass is 1050 g/mol.